The van der Waals surface area contributed by atoms with Crippen LogP contribution in [-0.2, 0) is 13.0 Å². The molecule has 0 radical (unpaired) electrons. The first-order chi connectivity index (χ1) is 8.60. The average Bonchev–Trinajstić information content (AvgIpc) is 2.75. The Hall–Kier alpha value is -0.900. The maximum Gasteiger partial charge on any atom is 0.0975 e. The molecular formula is C14H16ClNOS. The standard InChI is InChI=1S/C14H16ClNOS/c1-9(2)14-12(8-17)18-13(16-14)7-10-3-5-11(15)6-4-10/h3-6,9,17H,7-8H2,1-2H3. The van der Waals surface area contributed by atoms with E-state index in [2.05, 4.69) is 18.8 Å². The highest BCUT2D eigenvalue weighted by Crippen LogP contribution is 2.26. The number of benzene rings is 1. The number of aliphatic hydroxyl groups is 1. The Balaban J connectivity index is 2.21. The SMILES string of the molecule is CC(C)c1nc(Cc2ccc(Cl)cc2)sc1CO. The number of rotatable bonds is 4. The lowest BCUT2D eigenvalue weighted by Crippen LogP contribution is -1.94. The van der Waals surface area contributed by atoms with E-state index in [1.54, 1.807) is 11.3 Å². The van der Waals surface area contributed by atoms with Crippen LogP contribution in [0.15, 0.2) is 24.3 Å². The Morgan fingerprint density at radius 2 is 1.94 bits per heavy atom. The second-order valence-electron chi connectivity index (χ2n) is 4.53. The molecule has 0 fully saturated rings. The minimum Gasteiger partial charge on any atom is -0.391 e. The van der Waals surface area contributed by atoms with Gasteiger partial charge in [0, 0.05) is 11.4 Å². The number of hydrogen-bond acceptors (Lipinski definition) is 3. The Kier molecular flexibility index (Phi) is 4.38. The fourth-order valence-corrected chi connectivity index (χ4v) is 3.07. The summed E-state index contributed by atoms with van der Waals surface area (Å²) < 4.78 is 0. The minimum absolute atomic E-state index is 0.0752. The summed E-state index contributed by atoms with van der Waals surface area (Å²) in [6.07, 6.45) is 0.793. The Morgan fingerprint density at radius 1 is 1.28 bits per heavy atom. The van der Waals surface area contributed by atoms with Gasteiger partial charge in [-0.1, -0.05) is 37.6 Å². The lowest BCUT2D eigenvalue weighted by Gasteiger charge is -2.01. The van der Waals surface area contributed by atoms with Gasteiger partial charge in [-0.25, -0.2) is 4.98 Å². The number of aromatic nitrogens is 1. The molecule has 0 aliphatic carbocycles. The van der Waals surface area contributed by atoms with Gasteiger partial charge in [-0.2, -0.15) is 0 Å². The Bertz CT molecular complexity index is 519. The van der Waals surface area contributed by atoms with Crippen molar-refractivity contribution in [2.24, 2.45) is 0 Å². The normalized spacial score (nSPS) is 11.2. The monoisotopic (exact) mass is 281 g/mol. The highest BCUT2D eigenvalue weighted by atomic mass is 35.5. The van der Waals surface area contributed by atoms with E-state index in [4.69, 9.17) is 11.6 Å². The second-order valence-corrected chi connectivity index (χ2v) is 6.14. The van der Waals surface area contributed by atoms with Crippen molar-refractivity contribution in [3.05, 3.63) is 50.4 Å². The first kappa shape index (κ1) is 13.5. The summed E-state index contributed by atoms with van der Waals surface area (Å²) in [7, 11) is 0. The molecule has 0 unspecified atom stereocenters. The third-order valence-electron chi connectivity index (χ3n) is 2.73. The van der Waals surface area contributed by atoms with Gasteiger partial charge in [0.15, 0.2) is 0 Å². The second kappa shape index (κ2) is 5.83. The van der Waals surface area contributed by atoms with Gasteiger partial charge in [-0.3, -0.25) is 0 Å². The molecule has 0 saturated carbocycles. The van der Waals surface area contributed by atoms with Gasteiger partial charge in [0.05, 0.1) is 22.2 Å². The molecule has 0 spiro atoms. The van der Waals surface area contributed by atoms with Crippen LogP contribution in [-0.4, -0.2) is 10.1 Å². The molecule has 0 bridgehead atoms. The largest absolute Gasteiger partial charge is 0.391 e. The number of hydrogen-bond donors (Lipinski definition) is 1. The fraction of sp³-hybridized carbons (Fsp3) is 0.357. The highest BCUT2D eigenvalue weighted by molar-refractivity contribution is 7.11. The highest BCUT2D eigenvalue weighted by Gasteiger charge is 2.13. The van der Waals surface area contributed by atoms with Crippen molar-refractivity contribution in [2.75, 3.05) is 0 Å². The number of halogens is 1. The lowest BCUT2D eigenvalue weighted by molar-refractivity contribution is 0.283. The maximum atomic E-state index is 9.34. The van der Waals surface area contributed by atoms with Crippen LogP contribution >= 0.6 is 22.9 Å². The topological polar surface area (TPSA) is 33.1 Å². The minimum atomic E-state index is 0.0752. The van der Waals surface area contributed by atoms with Gasteiger partial charge in [0.2, 0.25) is 0 Å². The summed E-state index contributed by atoms with van der Waals surface area (Å²) in [5, 5.41) is 11.1. The summed E-state index contributed by atoms with van der Waals surface area (Å²) in [6.45, 7) is 4.27. The number of thiazole rings is 1. The van der Waals surface area contributed by atoms with Gasteiger partial charge >= 0.3 is 0 Å². The van der Waals surface area contributed by atoms with Gasteiger partial charge in [0.25, 0.3) is 0 Å². The molecule has 1 aromatic carbocycles. The molecule has 0 saturated heterocycles. The van der Waals surface area contributed by atoms with E-state index in [-0.39, 0.29) is 6.61 Å². The molecule has 0 amide bonds. The molecule has 2 rings (SSSR count). The number of nitrogens with zero attached hydrogens (tertiary/aromatic N) is 1. The zero-order valence-electron chi connectivity index (χ0n) is 10.5. The molecule has 2 aromatic rings. The van der Waals surface area contributed by atoms with Crippen LogP contribution in [0.25, 0.3) is 0 Å². The van der Waals surface area contributed by atoms with E-state index in [0.29, 0.717) is 5.92 Å². The summed E-state index contributed by atoms with van der Waals surface area (Å²) >= 11 is 7.45. The Labute approximate surface area is 116 Å². The van der Waals surface area contributed by atoms with Crippen molar-refractivity contribution in [3.8, 4) is 0 Å². The zero-order chi connectivity index (χ0) is 13.1. The molecule has 96 valence electrons. The van der Waals surface area contributed by atoms with Gasteiger partial charge in [0.1, 0.15) is 0 Å². The summed E-state index contributed by atoms with van der Waals surface area (Å²) in [5.41, 5.74) is 2.21. The first-order valence-electron chi connectivity index (χ1n) is 5.94. The average molecular weight is 282 g/mol. The molecule has 2 nitrogen and oxygen atoms in total. The zero-order valence-corrected chi connectivity index (χ0v) is 12.1. The smallest absolute Gasteiger partial charge is 0.0975 e. The first-order valence-corrected chi connectivity index (χ1v) is 7.13. The quantitative estimate of drug-likeness (QED) is 0.919. The van der Waals surface area contributed by atoms with Gasteiger partial charge < -0.3 is 5.11 Å². The summed E-state index contributed by atoms with van der Waals surface area (Å²) in [6, 6.07) is 7.80. The van der Waals surface area contributed by atoms with Crippen molar-refractivity contribution in [2.45, 2.75) is 32.8 Å². The molecule has 1 aromatic heterocycles. The molecule has 4 heteroatoms. The fourth-order valence-electron chi connectivity index (χ4n) is 1.83. The molecule has 0 aliphatic rings. The van der Waals surface area contributed by atoms with E-state index in [1.807, 2.05) is 24.3 Å². The van der Waals surface area contributed by atoms with Crippen LogP contribution in [0, 0.1) is 0 Å². The molecule has 0 aliphatic heterocycles. The van der Waals surface area contributed by atoms with Crippen LogP contribution in [0.1, 0.15) is 40.9 Å². The third-order valence-corrected chi connectivity index (χ3v) is 4.04. The Morgan fingerprint density at radius 3 is 2.44 bits per heavy atom. The summed E-state index contributed by atoms with van der Waals surface area (Å²) in [4.78, 5) is 5.60. The molecule has 1 N–H and O–H groups in total. The molecular weight excluding hydrogens is 266 g/mol. The van der Waals surface area contributed by atoms with Crippen LogP contribution in [0.4, 0.5) is 0 Å². The van der Waals surface area contributed by atoms with E-state index in [0.717, 1.165) is 27.0 Å². The lowest BCUT2D eigenvalue weighted by atomic mass is 10.1. The molecule has 1 heterocycles. The van der Waals surface area contributed by atoms with Gasteiger partial charge in [-0.05, 0) is 23.6 Å². The van der Waals surface area contributed by atoms with Crippen LogP contribution in [0.5, 0.6) is 0 Å². The van der Waals surface area contributed by atoms with Gasteiger partial charge in [-0.15, -0.1) is 11.3 Å². The number of aliphatic hydroxyl groups excluding tert-OH is 1. The van der Waals surface area contributed by atoms with Crippen molar-refractivity contribution >= 4 is 22.9 Å². The van der Waals surface area contributed by atoms with Crippen molar-refractivity contribution in [1.29, 1.82) is 0 Å². The van der Waals surface area contributed by atoms with Crippen molar-refractivity contribution < 1.29 is 5.11 Å². The third kappa shape index (κ3) is 3.10. The van der Waals surface area contributed by atoms with Crippen LogP contribution < -0.4 is 0 Å². The van der Waals surface area contributed by atoms with E-state index >= 15 is 0 Å². The predicted molar refractivity (Wildman–Crippen MR) is 76.4 cm³/mol. The van der Waals surface area contributed by atoms with Crippen LogP contribution in [0.2, 0.25) is 5.02 Å². The van der Waals surface area contributed by atoms with E-state index in [9.17, 15) is 5.11 Å². The maximum absolute atomic E-state index is 9.34. The van der Waals surface area contributed by atoms with E-state index in [1.165, 1.54) is 5.56 Å². The van der Waals surface area contributed by atoms with Crippen molar-refractivity contribution in [1.82, 2.24) is 4.98 Å². The van der Waals surface area contributed by atoms with Crippen LogP contribution in [0.3, 0.4) is 0 Å². The summed E-state index contributed by atoms with van der Waals surface area (Å²) in [5.74, 6) is 0.349. The van der Waals surface area contributed by atoms with E-state index < -0.39 is 0 Å². The van der Waals surface area contributed by atoms with Crippen molar-refractivity contribution in [3.63, 3.8) is 0 Å². The molecule has 18 heavy (non-hydrogen) atoms. The predicted octanol–water partition coefficient (Wildman–Crippen LogP) is 4.00. The molecule has 0 atom stereocenters.